The molecule has 2 aromatic rings. The Hall–Kier alpha value is -1.89. The molecule has 1 N–H and O–H groups in total. The lowest BCUT2D eigenvalue weighted by molar-refractivity contribution is -0.141. The molecule has 2 rings (SSSR count). The number of rotatable bonds is 6. The van der Waals surface area contributed by atoms with Crippen molar-refractivity contribution in [2.45, 2.75) is 0 Å². The van der Waals surface area contributed by atoms with Crippen molar-refractivity contribution in [1.29, 1.82) is 0 Å². The van der Waals surface area contributed by atoms with Gasteiger partial charge in [0.1, 0.15) is 6.54 Å². The number of hydrogen-bond acceptors (Lipinski definition) is 4. The molecular formula is C17H12BrCl2NO4. The first-order chi connectivity index (χ1) is 11.9. The van der Waals surface area contributed by atoms with E-state index in [0.29, 0.717) is 10.6 Å². The number of carbonyl (C=O) groups excluding carboxylic acids is 3. The molecule has 0 fully saturated rings. The van der Waals surface area contributed by atoms with Crippen LogP contribution in [-0.2, 0) is 9.53 Å². The first kappa shape index (κ1) is 19.4. The third-order valence-electron chi connectivity index (χ3n) is 3.10. The van der Waals surface area contributed by atoms with E-state index < -0.39 is 24.3 Å². The molecular weight excluding hydrogens is 433 g/mol. The molecule has 130 valence electrons. The van der Waals surface area contributed by atoms with Gasteiger partial charge in [-0.25, -0.2) is 0 Å². The number of ketones is 1. The third-order valence-corrected chi connectivity index (χ3v) is 4.17. The lowest BCUT2D eigenvalue weighted by Crippen LogP contribution is -2.31. The fourth-order valence-corrected chi connectivity index (χ4v) is 2.62. The van der Waals surface area contributed by atoms with Gasteiger partial charge in [-0.1, -0.05) is 39.1 Å². The number of nitrogens with one attached hydrogen (secondary N) is 1. The second kappa shape index (κ2) is 8.99. The van der Waals surface area contributed by atoms with E-state index in [0.717, 1.165) is 4.47 Å². The van der Waals surface area contributed by atoms with E-state index in [-0.39, 0.29) is 17.1 Å². The Bertz CT molecular complexity index is 809. The molecule has 0 heterocycles. The number of hydrogen-bond donors (Lipinski definition) is 1. The SMILES string of the molecule is O=C(CNC(=O)c1ccc(Br)cc1)OCC(=O)c1ccc(Cl)cc1Cl. The Kier molecular flexibility index (Phi) is 6.99. The molecule has 0 unspecified atom stereocenters. The smallest absolute Gasteiger partial charge is 0.325 e. The molecule has 0 bridgehead atoms. The molecule has 25 heavy (non-hydrogen) atoms. The fraction of sp³-hybridized carbons (Fsp3) is 0.118. The summed E-state index contributed by atoms with van der Waals surface area (Å²) >= 11 is 14.9. The van der Waals surface area contributed by atoms with Crippen molar-refractivity contribution >= 4 is 56.8 Å². The highest BCUT2D eigenvalue weighted by Crippen LogP contribution is 2.21. The summed E-state index contributed by atoms with van der Waals surface area (Å²) in [7, 11) is 0. The molecule has 0 saturated carbocycles. The molecule has 0 aliphatic rings. The first-order valence-electron chi connectivity index (χ1n) is 7.04. The Morgan fingerprint density at radius 3 is 2.36 bits per heavy atom. The molecule has 0 atom stereocenters. The monoisotopic (exact) mass is 443 g/mol. The zero-order valence-electron chi connectivity index (χ0n) is 12.7. The van der Waals surface area contributed by atoms with Crippen molar-refractivity contribution in [3.05, 3.63) is 68.1 Å². The number of esters is 1. The summed E-state index contributed by atoms with van der Waals surface area (Å²) in [5.74, 6) is -1.62. The van der Waals surface area contributed by atoms with Crippen molar-refractivity contribution in [3.63, 3.8) is 0 Å². The van der Waals surface area contributed by atoms with Crippen molar-refractivity contribution in [1.82, 2.24) is 5.32 Å². The maximum atomic E-state index is 12.0. The third kappa shape index (κ3) is 5.85. The van der Waals surface area contributed by atoms with Gasteiger partial charge < -0.3 is 10.1 Å². The van der Waals surface area contributed by atoms with Crippen LogP contribution in [0.4, 0.5) is 0 Å². The van der Waals surface area contributed by atoms with Crippen LogP contribution >= 0.6 is 39.1 Å². The minimum Gasteiger partial charge on any atom is -0.456 e. The average molecular weight is 445 g/mol. The Morgan fingerprint density at radius 2 is 1.72 bits per heavy atom. The normalized spacial score (nSPS) is 10.2. The lowest BCUT2D eigenvalue weighted by atomic mass is 10.1. The van der Waals surface area contributed by atoms with Gasteiger partial charge in [0.2, 0.25) is 5.78 Å². The van der Waals surface area contributed by atoms with Gasteiger partial charge in [-0.3, -0.25) is 14.4 Å². The second-order valence-corrected chi connectivity index (χ2v) is 6.66. The lowest BCUT2D eigenvalue weighted by Gasteiger charge is -2.07. The Morgan fingerprint density at radius 1 is 1.04 bits per heavy atom. The van der Waals surface area contributed by atoms with Gasteiger partial charge in [0.25, 0.3) is 5.91 Å². The highest BCUT2D eigenvalue weighted by Gasteiger charge is 2.14. The maximum Gasteiger partial charge on any atom is 0.325 e. The minimum absolute atomic E-state index is 0.178. The summed E-state index contributed by atoms with van der Waals surface area (Å²) < 4.78 is 5.68. The van der Waals surface area contributed by atoms with Crippen molar-refractivity contribution in [2.75, 3.05) is 13.2 Å². The summed E-state index contributed by atoms with van der Waals surface area (Å²) in [6.07, 6.45) is 0. The second-order valence-electron chi connectivity index (χ2n) is 4.90. The molecule has 0 spiro atoms. The zero-order valence-corrected chi connectivity index (χ0v) is 15.8. The Labute approximate surface area is 162 Å². The molecule has 5 nitrogen and oxygen atoms in total. The van der Waals surface area contributed by atoms with Crippen LogP contribution in [0.15, 0.2) is 46.9 Å². The number of carbonyl (C=O) groups is 3. The highest BCUT2D eigenvalue weighted by molar-refractivity contribution is 9.10. The van der Waals surface area contributed by atoms with Gasteiger partial charge in [0.05, 0.1) is 5.02 Å². The van der Waals surface area contributed by atoms with Gasteiger partial charge in [0.15, 0.2) is 6.61 Å². The fourth-order valence-electron chi connectivity index (χ4n) is 1.85. The van der Waals surface area contributed by atoms with Crippen molar-refractivity contribution in [3.8, 4) is 0 Å². The molecule has 2 aromatic carbocycles. The van der Waals surface area contributed by atoms with E-state index in [4.69, 9.17) is 27.9 Å². The molecule has 8 heteroatoms. The maximum absolute atomic E-state index is 12.0. The van der Waals surface area contributed by atoms with Gasteiger partial charge in [-0.05, 0) is 42.5 Å². The molecule has 0 aliphatic carbocycles. The van der Waals surface area contributed by atoms with Crippen LogP contribution in [-0.4, -0.2) is 30.8 Å². The van der Waals surface area contributed by atoms with E-state index in [1.54, 1.807) is 24.3 Å². The van der Waals surface area contributed by atoms with Crippen LogP contribution in [0, 0.1) is 0 Å². The van der Waals surface area contributed by atoms with Crippen molar-refractivity contribution < 1.29 is 19.1 Å². The van der Waals surface area contributed by atoms with E-state index in [2.05, 4.69) is 21.2 Å². The largest absolute Gasteiger partial charge is 0.456 e. The van der Waals surface area contributed by atoms with Gasteiger partial charge in [0, 0.05) is 20.6 Å². The molecule has 0 saturated heterocycles. The summed E-state index contributed by atoms with van der Waals surface area (Å²) in [6.45, 7) is -0.829. The minimum atomic E-state index is -0.733. The van der Waals surface area contributed by atoms with Crippen LogP contribution in [0.5, 0.6) is 0 Å². The predicted octanol–water partition coefficient (Wildman–Crippen LogP) is 3.91. The number of halogens is 3. The van der Waals surface area contributed by atoms with Crippen LogP contribution in [0.2, 0.25) is 10.0 Å². The Balaban J connectivity index is 1.81. The van der Waals surface area contributed by atoms with Crippen LogP contribution in [0.25, 0.3) is 0 Å². The van der Waals surface area contributed by atoms with E-state index >= 15 is 0 Å². The van der Waals surface area contributed by atoms with Crippen LogP contribution in [0.1, 0.15) is 20.7 Å². The molecule has 0 radical (unpaired) electrons. The van der Waals surface area contributed by atoms with Crippen LogP contribution < -0.4 is 5.32 Å². The molecule has 0 aromatic heterocycles. The topological polar surface area (TPSA) is 72.5 Å². The molecule has 1 amide bonds. The highest BCUT2D eigenvalue weighted by atomic mass is 79.9. The van der Waals surface area contributed by atoms with E-state index in [9.17, 15) is 14.4 Å². The number of amides is 1. The standard InChI is InChI=1S/C17H12BrCl2NO4/c18-11-3-1-10(2-4-11)17(24)21-8-16(23)25-9-15(22)13-6-5-12(19)7-14(13)20/h1-7H,8-9H2,(H,21,24). The van der Waals surface area contributed by atoms with Gasteiger partial charge in [-0.15, -0.1) is 0 Å². The summed E-state index contributed by atoms with van der Waals surface area (Å²) in [6, 6.07) is 11.0. The van der Waals surface area contributed by atoms with Crippen LogP contribution in [0.3, 0.4) is 0 Å². The van der Waals surface area contributed by atoms with Gasteiger partial charge in [-0.2, -0.15) is 0 Å². The van der Waals surface area contributed by atoms with Crippen molar-refractivity contribution in [2.24, 2.45) is 0 Å². The first-order valence-corrected chi connectivity index (χ1v) is 8.59. The zero-order chi connectivity index (χ0) is 18.4. The number of ether oxygens (including phenoxy) is 1. The predicted molar refractivity (Wildman–Crippen MR) is 98.2 cm³/mol. The summed E-state index contributed by atoms with van der Waals surface area (Å²) in [4.78, 5) is 35.5. The summed E-state index contributed by atoms with van der Waals surface area (Å²) in [5, 5.41) is 2.99. The van der Waals surface area contributed by atoms with E-state index in [1.165, 1.54) is 18.2 Å². The van der Waals surface area contributed by atoms with E-state index in [1.807, 2.05) is 0 Å². The van der Waals surface area contributed by atoms with Gasteiger partial charge >= 0.3 is 5.97 Å². The summed E-state index contributed by atoms with van der Waals surface area (Å²) in [5.41, 5.74) is 0.609. The number of Topliss-reactive ketones (excluding diaryl/α,β-unsaturated/α-hetero) is 1. The molecule has 0 aliphatic heterocycles. The average Bonchev–Trinajstić information content (AvgIpc) is 2.58. The number of benzene rings is 2. The quantitative estimate of drug-likeness (QED) is 0.541.